The van der Waals surface area contributed by atoms with Gasteiger partial charge in [0, 0.05) is 4.88 Å². The zero-order valence-electron chi connectivity index (χ0n) is 12.4. The predicted octanol–water partition coefficient (Wildman–Crippen LogP) is 3.34. The monoisotopic (exact) mass is 314 g/mol. The number of phenolic OH excluding ortho intramolecular Hbond substituents is 1. The lowest BCUT2D eigenvalue weighted by atomic mass is 9.90. The van der Waals surface area contributed by atoms with Crippen molar-refractivity contribution in [2.24, 2.45) is 11.0 Å². The molecule has 1 atom stereocenters. The van der Waals surface area contributed by atoms with E-state index in [0.29, 0.717) is 5.92 Å². The first-order chi connectivity index (χ1) is 10.6. The number of nitrogens with one attached hydrogen (secondary N) is 1. The highest BCUT2D eigenvalue weighted by atomic mass is 32.1. The number of fused-ring (bicyclic) bond motifs is 1. The number of aromatic hydroxyl groups is 1. The van der Waals surface area contributed by atoms with Gasteiger partial charge in [0.25, 0.3) is 5.91 Å². The number of thiophene rings is 1. The molecule has 1 aliphatic rings. The van der Waals surface area contributed by atoms with Gasteiger partial charge in [0.2, 0.25) is 0 Å². The summed E-state index contributed by atoms with van der Waals surface area (Å²) in [6, 6.07) is 8.63. The summed E-state index contributed by atoms with van der Waals surface area (Å²) in [5, 5.41) is 13.2. The normalized spacial score (nSPS) is 17.4. The van der Waals surface area contributed by atoms with Crippen LogP contribution in [0.1, 0.15) is 39.0 Å². The van der Waals surface area contributed by atoms with Crippen molar-refractivity contribution < 1.29 is 9.90 Å². The molecule has 1 aliphatic carbocycles. The molecule has 1 aromatic carbocycles. The van der Waals surface area contributed by atoms with Crippen molar-refractivity contribution in [3.8, 4) is 5.75 Å². The Kier molecular flexibility index (Phi) is 4.24. The third-order valence-electron chi connectivity index (χ3n) is 3.83. The number of hydrazone groups is 1. The number of nitrogens with zero attached hydrogens (tertiary/aromatic N) is 1. The molecule has 1 unspecified atom stereocenters. The molecule has 2 N–H and O–H groups in total. The number of hydrogen-bond acceptors (Lipinski definition) is 4. The Balaban J connectivity index is 1.64. The van der Waals surface area contributed by atoms with Crippen LogP contribution >= 0.6 is 11.3 Å². The summed E-state index contributed by atoms with van der Waals surface area (Å²) in [6.45, 7) is 2.25. The first-order valence-electron chi connectivity index (χ1n) is 7.36. The largest absolute Gasteiger partial charge is 0.508 e. The smallest absolute Gasteiger partial charge is 0.281 e. The van der Waals surface area contributed by atoms with E-state index in [0.717, 1.165) is 23.3 Å². The van der Waals surface area contributed by atoms with Crippen LogP contribution in [0.25, 0.3) is 0 Å². The number of carbonyl (C=O) groups is 1. The van der Waals surface area contributed by atoms with Crippen LogP contribution < -0.4 is 5.43 Å². The lowest BCUT2D eigenvalue weighted by molar-refractivity contribution is 0.0959. The molecular weight excluding hydrogens is 296 g/mol. The zero-order chi connectivity index (χ0) is 15.5. The number of phenols is 1. The van der Waals surface area contributed by atoms with Gasteiger partial charge >= 0.3 is 0 Å². The molecule has 4 nitrogen and oxygen atoms in total. The van der Waals surface area contributed by atoms with Gasteiger partial charge in [0.1, 0.15) is 5.75 Å². The Morgan fingerprint density at radius 3 is 2.95 bits per heavy atom. The summed E-state index contributed by atoms with van der Waals surface area (Å²) in [7, 11) is 0. The average molecular weight is 314 g/mol. The number of carbonyl (C=O) groups excluding carboxylic acids is 1. The van der Waals surface area contributed by atoms with Crippen LogP contribution in [-0.2, 0) is 12.8 Å². The van der Waals surface area contributed by atoms with E-state index in [2.05, 4.69) is 17.5 Å². The minimum atomic E-state index is -0.165. The van der Waals surface area contributed by atoms with Gasteiger partial charge in [-0.2, -0.15) is 5.10 Å². The molecule has 0 radical (unpaired) electrons. The molecule has 1 heterocycles. The molecule has 0 bridgehead atoms. The molecule has 5 heteroatoms. The van der Waals surface area contributed by atoms with E-state index >= 15 is 0 Å². The van der Waals surface area contributed by atoms with E-state index in [1.54, 1.807) is 41.8 Å². The predicted molar refractivity (Wildman–Crippen MR) is 88.7 cm³/mol. The van der Waals surface area contributed by atoms with Crippen molar-refractivity contribution in [2.75, 3.05) is 0 Å². The SMILES string of the molecule is CC1CCc2sc(C(=O)NN=Cc3ccc(O)cc3)cc2C1. The number of amides is 1. The first-order valence-corrected chi connectivity index (χ1v) is 8.17. The summed E-state index contributed by atoms with van der Waals surface area (Å²) in [6.07, 6.45) is 4.90. The fraction of sp³-hybridized carbons (Fsp3) is 0.294. The summed E-state index contributed by atoms with van der Waals surface area (Å²) < 4.78 is 0. The van der Waals surface area contributed by atoms with E-state index in [1.807, 2.05) is 6.07 Å². The highest BCUT2D eigenvalue weighted by Gasteiger charge is 2.20. The molecule has 0 saturated carbocycles. The summed E-state index contributed by atoms with van der Waals surface area (Å²) in [5.74, 6) is 0.743. The van der Waals surface area contributed by atoms with Crippen molar-refractivity contribution in [2.45, 2.75) is 26.2 Å². The highest BCUT2D eigenvalue weighted by Crippen LogP contribution is 2.32. The Morgan fingerprint density at radius 2 is 2.18 bits per heavy atom. The highest BCUT2D eigenvalue weighted by molar-refractivity contribution is 7.14. The van der Waals surface area contributed by atoms with Crippen molar-refractivity contribution in [1.29, 1.82) is 0 Å². The minimum absolute atomic E-state index is 0.165. The fourth-order valence-corrected chi connectivity index (χ4v) is 3.70. The Bertz CT molecular complexity index is 704. The van der Waals surface area contributed by atoms with Crippen molar-refractivity contribution >= 4 is 23.5 Å². The molecule has 0 aliphatic heterocycles. The van der Waals surface area contributed by atoms with Crippen molar-refractivity contribution in [3.63, 3.8) is 0 Å². The average Bonchev–Trinajstić information content (AvgIpc) is 2.92. The van der Waals surface area contributed by atoms with Crippen LogP contribution in [0.2, 0.25) is 0 Å². The number of rotatable bonds is 3. The zero-order valence-corrected chi connectivity index (χ0v) is 13.2. The second kappa shape index (κ2) is 6.32. The summed E-state index contributed by atoms with van der Waals surface area (Å²) >= 11 is 1.57. The van der Waals surface area contributed by atoms with Gasteiger partial charge in [0.15, 0.2) is 0 Å². The van der Waals surface area contributed by atoms with Gasteiger partial charge in [-0.15, -0.1) is 11.3 Å². The van der Waals surface area contributed by atoms with Gasteiger partial charge in [-0.1, -0.05) is 6.92 Å². The Hall–Kier alpha value is -2.14. The van der Waals surface area contributed by atoms with E-state index in [4.69, 9.17) is 0 Å². The van der Waals surface area contributed by atoms with Gasteiger partial charge in [0.05, 0.1) is 11.1 Å². The molecule has 0 fully saturated rings. The number of aryl methyl sites for hydroxylation is 1. The molecule has 0 saturated heterocycles. The third kappa shape index (κ3) is 3.36. The molecule has 2 aromatic rings. The van der Waals surface area contributed by atoms with Crippen molar-refractivity contribution in [3.05, 3.63) is 51.2 Å². The Morgan fingerprint density at radius 1 is 1.41 bits per heavy atom. The summed E-state index contributed by atoms with van der Waals surface area (Å²) in [4.78, 5) is 14.2. The molecule has 114 valence electrons. The molecule has 3 rings (SSSR count). The van der Waals surface area contributed by atoms with Crippen LogP contribution in [0.4, 0.5) is 0 Å². The maximum atomic E-state index is 12.1. The minimum Gasteiger partial charge on any atom is -0.508 e. The maximum Gasteiger partial charge on any atom is 0.281 e. The van der Waals surface area contributed by atoms with Gasteiger partial charge in [-0.3, -0.25) is 4.79 Å². The van der Waals surface area contributed by atoms with Gasteiger partial charge in [-0.05, 0) is 66.6 Å². The molecule has 1 amide bonds. The molecular formula is C17H18N2O2S. The van der Waals surface area contributed by atoms with Crippen LogP contribution in [0.3, 0.4) is 0 Å². The topological polar surface area (TPSA) is 61.7 Å². The van der Waals surface area contributed by atoms with Crippen LogP contribution in [-0.4, -0.2) is 17.2 Å². The van der Waals surface area contributed by atoms with E-state index in [9.17, 15) is 9.90 Å². The first kappa shape index (κ1) is 14.8. The lowest BCUT2D eigenvalue weighted by Crippen LogP contribution is -2.16. The van der Waals surface area contributed by atoms with Crippen LogP contribution in [0.5, 0.6) is 5.75 Å². The van der Waals surface area contributed by atoms with Crippen molar-refractivity contribution in [1.82, 2.24) is 5.43 Å². The van der Waals surface area contributed by atoms with Crippen LogP contribution in [0, 0.1) is 5.92 Å². The van der Waals surface area contributed by atoms with E-state index in [1.165, 1.54) is 16.9 Å². The standard InChI is InChI=1S/C17H18N2O2S/c1-11-2-7-15-13(8-11)9-16(22-15)17(21)19-18-10-12-3-5-14(20)6-4-12/h3-6,9-11,20H,2,7-8H2,1H3,(H,19,21). The third-order valence-corrected chi connectivity index (χ3v) is 5.06. The maximum absolute atomic E-state index is 12.1. The van der Waals surface area contributed by atoms with Gasteiger partial charge < -0.3 is 5.11 Å². The Labute approximate surface area is 133 Å². The van der Waals surface area contributed by atoms with Crippen LogP contribution in [0.15, 0.2) is 35.4 Å². The van der Waals surface area contributed by atoms with Gasteiger partial charge in [-0.25, -0.2) is 5.43 Å². The fourth-order valence-electron chi connectivity index (χ4n) is 2.60. The second-order valence-electron chi connectivity index (χ2n) is 5.70. The second-order valence-corrected chi connectivity index (χ2v) is 6.83. The number of benzene rings is 1. The number of hydrogen-bond donors (Lipinski definition) is 2. The lowest BCUT2D eigenvalue weighted by Gasteiger charge is -2.16. The van der Waals surface area contributed by atoms with E-state index < -0.39 is 0 Å². The summed E-state index contributed by atoms with van der Waals surface area (Å²) in [5.41, 5.74) is 4.69. The molecule has 22 heavy (non-hydrogen) atoms. The van der Waals surface area contributed by atoms with E-state index in [-0.39, 0.29) is 11.7 Å². The molecule has 0 spiro atoms. The molecule has 1 aromatic heterocycles. The quantitative estimate of drug-likeness (QED) is 0.674.